The molecular formula is C76H138O6. The maximum atomic E-state index is 13.0. The first-order valence-corrected chi connectivity index (χ1v) is 36.3. The van der Waals surface area contributed by atoms with Gasteiger partial charge in [-0.05, 0) is 89.9 Å². The van der Waals surface area contributed by atoms with Gasteiger partial charge in [-0.3, -0.25) is 14.4 Å². The highest BCUT2D eigenvalue weighted by molar-refractivity contribution is 5.71. The van der Waals surface area contributed by atoms with Gasteiger partial charge in [-0.2, -0.15) is 0 Å². The first-order chi connectivity index (χ1) is 40.5. The van der Waals surface area contributed by atoms with E-state index in [4.69, 9.17) is 14.2 Å². The Labute approximate surface area is 510 Å². The van der Waals surface area contributed by atoms with Gasteiger partial charge in [-0.15, -0.1) is 0 Å². The lowest BCUT2D eigenvalue weighted by Gasteiger charge is -2.18. The van der Waals surface area contributed by atoms with E-state index in [0.29, 0.717) is 19.3 Å². The Bertz CT molecular complexity index is 1460. The zero-order valence-electron chi connectivity index (χ0n) is 55.0. The predicted octanol–water partition coefficient (Wildman–Crippen LogP) is 25.1. The number of carbonyl (C=O) groups excluding carboxylic acids is 3. The summed E-state index contributed by atoms with van der Waals surface area (Å²) < 4.78 is 17.0. The van der Waals surface area contributed by atoms with Gasteiger partial charge in [-0.1, -0.05) is 338 Å². The number of esters is 3. The number of allylic oxidation sites excluding steroid dienone is 10. The van der Waals surface area contributed by atoms with E-state index >= 15 is 0 Å². The Morgan fingerprint density at radius 2 is 0.439 bits per heavy atom. The van der Waals surface area contributed by atoms with Crippen molar-refractivity contribution in [3.63, 3.8) is 0 Å². The van der Waals surface area contributed by atoms with E-state index in [0.717, 1.165) is 77.0 Å². The van der Waals surface area contributed by atoms with E-state index in [9.17, 15) is 14.4 Å². The van der Waals surface area contributed by atoms with E-state index < -0.39 is 6.10 Å². The molecule has 0 aromatic rings. The minimum atomic E-state index is -0.775. The minimum absolute atomic E-state index is 0.0711. The molecule has 0 fully saturated rings. The first kappa shape index (κ1) is 79.1. The van der Waals surface area contributed by atoms with Crippen LogP contribution in [0.5, 0.6) is 0 Å². The number of unbranched alkanes of at least 4 members (excludes halogenated alkanes) is 46. The predicted molar refractivity (Wildman–Crippen MR) is 358 cm³/mol. The summed E-state index contributed by atoms with van der Waals surface area (Å²) in [6.45, 7) is 6.67. The van der Waals surface area contributed by atoms with Crippen LogP contribution in [0.3, 0.4) is 0 Å². The van der Waals surface area contributed by atoms with Crippen molar-refractivity contribution >= 4 is 17.9 Å². The lowest BCUT2D eigenvalue weighted by molar-refractivity contribution is -0.167. The van der Waals surface area contributed by atoms with Crippen LogP contribution < -0.4 is 0 Å². The molecule has 0 saturated heterocycles. The standard InChI is InChI=1S/C76H138O6/c1-4-7-10-13-16-19-22-25-27-29-31-33-35-37-38-40-41-43-45-47-49-51-54-57-60-63-66-69-75(78)81-72-73(71-80-74(77)68-65-62-59-56-53-24-21-18-15-12-9-6-3)82-76(79)70-67-64-61-58-55-52-50-48-46-44-42-39-36-34-32-30-28-26-23-20-17-14-11-8-5-2/h22-23,25-26,29-32,36,39,73H,4-21,24,27-28,33-35,37-38,40-72H2,1-3H3/b25-22-,26-23-,31-29-,32-30-,39-36-. The molecule has 0 aliphatic carbocycles. The van der Waals surface area contributed by atoms with Gasteiger partial charge in [-0.25, -0.2) is 0 Å². The molecule has 0 aliphatic heterocycles. The Balaban J connectivity index is 4.22. The van der Waals surface area contributed by atoms with Gasteiger partial charge in [0, 0.05) is 19.3 Å². The molecule has 0 aromatic heterocycles. The van der Waals surface area contributed by atoms with Crippen LogP contribution in [-0.4, -0.2) is 37.2 Å². The van der Waals surface area contributed by atoms with Gasteiger partial charge < -0.3 is 14.2 Å². The fourth-order valence-corrected chi connectivity index (χ4v) is 10.8. The second-order valence-corrected chi connectivity index (χ2v) is 24.5. The molecule has 0 amide bonds. The summed E-state index contributed by atoms with van der Waals surface area (Å²) in [6.07, 6.45) is 91.1. The Morgan fingerprint density at radius 1 is 0.244 bits per heavy atom. The second-order valence-electron chi connectivity index (χ2n) is 24.5. The van der Waals surface area contributed by atoms with Gasteiger partial charge in [0.1, 0.15) is 13.2 Å². The summed E-state index contributed by atoms with van der Waals surface area (Å²) in [5, 5.41) is 0. The summed E-state index contributed by atoms with van der Waals surface area (Å²) in [7, 11) is 0. The molecular weight excluding hydrogens is 1010 g/mol. The molecule has 0 bridgehead atoms. The third kappa shape index (κ3) is 67.9. The molecule has 478 valence electrons. The maximum absolute atomic E-state index is 13.0. The van der Waals surface area contributed by atoms with Crippen LogP contribution in [0.4, 0.5) is 0 Å². The highest BCUT2D eigenvalue weighted by Crippen LogP contribution is 2.18. The fourth-order valence-electron chi connectivity index (χ4n) is 10.8. The lowest BCUT2D eigenvalue weighted by atomic mass is 10.0. The Kier molecular flexibility index (Phi) is 68.1. The maximum Gasteiger partial charge on any atom is 0.306 e. The second kappa shape index (κ2) is 70.6. The number of hydrogen-bond donors (Lipinski definition) is 0. The zero-order chi connectivity index (χ0) is 59.2. The molecule has 6 nitrogen and oxygen atoms in total. The van der Waals surface area contributed by atoms with Crippen LogP contribution in [-0.2, 0) is 28.6 Å². The van der Waals surface area contributed by atoms with Gasteiger partial charge >= 0.3 is 17.9 Å². The van der Waals surface area contributed by atoms with Crippen LogP contribution in [0.2, 0.25) is 0 Å². The van der Waals surface area contributed by atoms with Crippen molar-refractivity contribution < 1.29 is 28.6 Å². The first-order valence-electron chi connectivity index (χ1n) is 36.3. The fraction of sp³-hybridized carbons (Fsp3) is 0.829. The molecule has 0 heterocycles. The van der Waals surface area contributed by atoms with Crippen molar-refractivity contribution in [1.29, 1.82) is 0 Å². The topological polar surface area (TPSA) is 78.9 Å². The average molecular weight is 1150 g/mol. The molecule has 1 atom stereocenters. The minimum Gasteiger partial charge on any atom is -0.462 e. The SMILES string of the molecule is CCCCCCC/C=C\C/C=C\C/C=C\CCCCCCCCCCCCC(=O)OC(COC(=O)CCCCCCCCCCCCCC)COC(=O)CCCCCCCCCCCCCCCCC/C=C\C/C=C\CCCCCCC. The molecule has 0 N–H and O–H groups in total. The zero-order valence-corrected chi connectivity index (χ0v) is 55.0. The smallest absolute Gasteiger partial charge is 0.306 e. The molecule has 82 heavy (non-hydrogen) atoms. The molecule has 0 aliphatic rings. The number of ether oxygens (including phenoxy) is 3. The molecule has 0 rings (SSSR count). The molecule has 1 unspecified atom stereocenters. The summed E-state index contributed by atoms with van der Waals surface area (Å²) in [5.74, 6) is -0.851. The van der Waals surface area contributed by atoms with Gasteiger partial charge in [0.05, 0.1) is 0 Å². The Morgan fingerprint density at radius 3 is 0.683 bits per heavy atom. The number of rotatable bonds is 67. The molecule has 0 saturated carbocycles. The third-order valence-corrected chi connectivity index (χ3v) is 16.2. The van der Waals surface area contributed by atoms with Crippen LogP contribution >= 0.6 is 0 Å². The van der Waals surface area contributed by atoms with Gasteiger partial charge in [0.2, 0.25) is 0 Å². The van der Waals surface area contributed by atoms with E-state index in [1.807, 2.05) is 0 Å². The van der Waals surface area contributed by atoms with Crippen molar-refractivity contribution in [1.82, 2.24) is 0 Å². The number of hydrogen-bond acceptors (Lipinski definition) is 6. The van der Waals surface area contributed by atoms with E-state index in [1.54, 1.807) is 0 Å². The van der Waals surface area contributed by atoms with Crippen LogP contribution in [0.25, 0.3) is 0 Å². The molecule has 0 spiro atoms. The van der Waals surface area contributed by atoms with Crippen molar-refractivity contribution in [2.45, 2.75) is 393 Å². The van der Waals surface area contributed by atoms with Crippen LogP contribution in [0, 0.1) is 0 Å². The largest absolute Gasteiger partial charge is 0.462 e. The molecule has 0 radical (unpaired) electrons. The monoisotopic (exact) mass is 1150 g/mol. The van der Waals surface area contributed by atoms with E-state index in [1.165, 1.54) is 270 Å². The molecule has 6 heteroatoms. The van der Waals surface area contributed by atoms with Gasteiger partial charge in [0.25, 0.3) is 0 Å². The van der Waals surface area contributed by atoms with Crippen molar-refractivity contribution in [2.24, 2.45) is 0 Å². The van der Waals surface area contributed by atoms with Crippen LogP contribution in [0.1, 0.15) is 387 Å². The normalized spacial score (nSPS) is 12.4. The molecule has 0 aromatic carbocycles. The van der Waals surface area contributed by atoms with Crippen molar-refractivity contribution in [2.75, 3.05) is 13.2 Å². The highest BCUT2D eigenvalue weighted by Gasteiger charge is 2.19. The van der Waals surface area contributed by atoms with Gasteiger partial charge in [0.15, 0.2) is 6.10 Å². The summed E-state index contributed by atoms with van der Waals surface area (Å²) in [6, 6.07) is 0. The third-order valence-electron chi connectivity index (χ3n) is 16.2. The van der Waals surface area contributed by atoms with Crippen molar-refractivity contribution in [3.8, 4) is 0 Å². The highest BCUT2D eigenvalue weighted by atomic mass is 16.6. The van der Waals surface area contributed by atoms with E-state index in [-0.39, 0.29) is 31.1 Å². The summed E-state index contributed by atoms with van der Waals surface area (Å²) >= 11 is 0. The summed E-state index contributed by atoms with van der Waals surface area (Å²) in [4.78, 5) is 38.4. The lowest BCUT2D eigenvalue weighted by Crippen LogP contribution is -2.30. The van der Waals surface area contributed by atoms with E-state index in [2.05, 4.69) is 81.5 Å². The Hall–Kier alpha value is -2.89. The average Bonchev–Trinajstić information content (AvgIpc) is 3.47. The number of carbonyl (C=O) groups is 3. The summed E-state index contributed by atoms with van der Waals surface area (Å²) in [5.41, 5.74) is 0. The quantitative estimate of drug-likeness (QED) is 0.0261. The van der Waals surface area contributed by atoms with Crippen LogP contribution in [0.15, 0.2) is 60.8 Å². The van der Waals surface area contributed by atoms with Crippen molar-refractivity contribution in [3.05, 3.63) is 60.8 Å².